The van der Waals surface area contributed by atoms with Gasteiger partial charge < -0.3 is 9.84 Å². The molecule has 0 aliphatic rings. The number of carbonyl (C=O) groups is 1. The molecule has 0 saturated heterocycles. The maximum absolute atomic E-state index is 10.8. The van der Waals surface area contributed by atoms with Crippen LogP contribution in [0.5, 0.6) is 5.75 Å². The van der Waals surface area contributed by atoms with Crippen LogP contribution in [0.1, 0.15) is 12.0 Å². The van der Waals surface area contributed by atoms with Crippen LogP contribution in [0.4, 0.5) is 0 Å². The molecule has 0 bridgehead atoms. The van der Waals surface area contributed by atoms with E-state index in [1.54, 1.807) is 18.2 Å². The highest BCUT2D eigenvalue weighted by Crippen LogP contribution is 2.27. The zero-order chi connectivity index (χ0) is 10.6. The van der Waals surface area contributed by atoms with Crippen molar-refractivity contribution < 1.29 is 14.6 Å². The lowest BCUT2D eigenvalue weighted by Gasteiger charge is -2.04. The van der Waals surface area contributed by atoms with Gasteiger partial charge in [-0.15, -0.1) is 0 Å². The molecule has 3 nitrogen and oxygen atoms in total. The Morgan fingerprint density at radius 3 is 2.93 bits per heavy atom. The lowest BCUT2D eigenvalue weighted by molar-refractivity contribution is -0.140. The van der Waals surface area contributed by atoms with E-state index in [2.05, 4.69) is 4.74 Å². The lowest BCUT2D eigenvalue weighted by Crippen LogP contribution is -2.01. The number of hydrogen-bond acceptors (Lipinski definition) is 3. The van der Waals surface area contributed by atoms with Gasteiger partial charge in [0.15, 0.2) is 0 Å². The molecule has 1 aromatic carbocycles. The molecule has 4 heteroatoms. The van der Waals surface area contributed by atoms with Crippen LogP contribution in [-0.2, 0) is 16.0 Å². The molecule has 1 aromatic rings. The first kappa shape index (κ1) is 10.9. The van der Waals surface area contributed by atoms with Crippen LogP contribution >= 0.6 is 11.6 Å². The van der Waals surface area contributed by atoms with Crippen molar-refractivity contribution in [2.24, 2.45) is 0 Å². The van der Waals surface area contributed by atoms with Crippen molar-refractivity contribution in [1.29, 1.82) is 0 Å². The molecule has 0 aliphatic heterocycles. The van der Waals surface area contributed by atoms with Gasteiger partial charge in [0.2, 0.25) is 0 Å². The third kappa shape index (κ3) is 2.64. The molecular weight excluding hydrogens is 204 g/mol. The minimum absolute atomic E-state index is 0.0399. The van der Waals surface area contributed by atoms with Gasteiger partial charge in [-0.1, -0.05) is 23.7 Å². The number of ether oxygens (including phenoxy) is 1. The first-order chi connectivity index (χ1) is 6.65. The Bertz CT molecular complexity index is 336. The zero-order valence-corrected chi connectivity index (χ0v) is 8.54. The Morgan fingerprint density at radius 1 is 1.57 bits per heavy atom. The quantitative estimate of drug-likeness (QED) is 0.785. The van der Waals surface area contributed by atoms with Crippen molar-refractivity contribution >= 4 is 17.6 Å². The van der Waals surface area contributed by atoms with Gasteiger partial charge in [-0.2, -0.15) is 0 Å². The van der Waals surface area contributed by atoms with Gasteiger partial charge in [0.25, 0.3) is 0 Å². The first-order valence-corrected chi connectivity index (χ1v) is 4.56. The summed E-state index contributed by atoms with van der Waals surface area (Å²) in [5, 5.41) is 9.80. The SMILES string of the molecule is COC(=O)CCc1cccc(Cl)c1O. The first-order valence-electron chi connectivity index (χ1n) is 4.18. The van der Waals surface area contributed by atoms with Crippen molar-refractivity contribution in [2.75, 3.05) is 7.11 Å². The van der Waals surface area contributed by atoms with Crippen molar-refractivity contribution in [3.63, 3.8) is 0 Å². The molecule has 0 saturated carbocycles. The Hall–Kier alpha value is -1.22. The molecule has 1 rings (SSSR count). The molecule has 0 amide bonds. The topological polar surface area (TPSA) is 46.5 Å². The van der Waals surface area contributed by atoms with Gasteiger partial charge in [0.1, 0.15) is 5.75 Å². The Morgan fingerprint density at radius 2 is 2.29 bits per heavy atom. The monoisotopic (exact) mass is 214 g/mol. The van der Waals surface area contributed by atoms with E-state index in [0.717, 1.165) is 0 Å². The number of methoxy groups -OCH3 is 1. The van der Waals surface area contributed by atoms with Crippen molar-refractivity contribution in [2.45, 2.75) is 12.8 Å². The standard InChI is InChI=1S/C10H11ClO3/c1-14-9(12)6-5-7-3-2-4-8(11)10(7)13/h2-4,13H,5-6H2,1H3. The molecule has 0 atom stereocenters. The molecule has 76 valence electrons. The van der Waals surface area contributed by atoms with Gasteiger partial charge >= 0.3 is 5.97 Å². The number of benzene rings is 1. The number of esters is 1. The molecule has 0 aliphatic carbocycles. The van der Waals surface area contributed by atoms with E-state index in [-0.39, 0.29) is 18.1 Å². The Balaban J connectivity index is 2.68. The minimum Gasteiger partial charge on any atom is -0.506 e. The number of aryl methyl sites for hydroxylation is 1. The second-order valence-corrected chi connectivity index (χ2v) is 3.23. The molecule has 14 heavy (non-hydrogen) atoms. The lowest BCUT2D eigenvalue weighted by atomic mass is 10.1. The van der Waals surface area contributed by atoms with E-state index >= 15 is 0 Å². The summed E-state index contributed by atoms with van der Waals surface area (Å²) in [5.74, 6) is -0.262. The van der Waals surface area contributed by atoms with Crippen molar-refractivity contribution in [3.05, 3.63) is 28.8 Å². The summed E-state index contributed by atoms with van der Waals surface area (Å²) in [6.07, 6.45) is 0.670. The molecule has 0 heterocycles. The second kappa shape index (κ2) is 4.86. The summed E-state index contributed by atoms with van der Waals surface area (Å²) in [5.41, 5.74) is 0.655. The summed E-state index contributed by atoms with van der Waals surface area (Å²) >= 11 is 5.70. The largest absolute Gasteiger partial charge is 0.506 e. The van der Waals surface area contributed by atoms with E-state index in [1.807, 2.05) is 0 Å². The summed E-state index contributed by atoms with van der Waals surface area (Å²) in [6.45, 7) is 0. The van der Waals surface area contributed by atoms with Gasteiger partial charge in [-0.25, -0.2) is 0 Å². The molecule has 0 fully saturated rings. The second-order valence-electron chi connectivity index (χ2n) is 2.82. The molecule has 1 N–H and O–H groups in total. The number of rotatable bonds is 3. The van der Waals surface area contributed by atoms with Crippen LogP contribution in [-0.4, -0.2) is 18.2 Å². The van der Waals surface area contributed by atoms with E-state index in [4.69, 9.17) is 11.6 Å². The number of carbonyl (C=O) groups excluding carboxylic acids is 1. The number of phenolic OH excluding ortho intramolecular Hbond substituents is 1. The van der Waals surface area contributed by atoms with Crippen molar-refractivity contribution in [3.8, 4) is 5.75 Å². The third-order valence-electron chi connectivity index (χ3n) is 1.90. The fourth-order valence-corrected chi connectivity index (χ4v) is 1.29. The molecular formula is C10H11ClO3. The van der Waals surface area contributed by atoms with Crippen LogP contribution in [0.25, 0.3) is 0 Å². The number of para-hydroxylation sites is 1. The van der Waals surface area contributed by atoms with Gasteiger partial charge in [-0.3, -0.25) is 4.79 Å². The smallest absolute Gasteiger partial charge is 0.305 e. The predicted octanol–water partition coefficient (Wildman–Crippen LogP) is 2.15. The van der Waals surface area contributed by atoms with Gasteiger partial charge in [0.05, 0.1) is 12.1 Å². The zero-order valence-electron chi connectivity index (χ0n) is 7.79. The number of halogens is 1. The normalized spacial score (nSPS) is 9.86. The highest BCUT2D eigenvalue weighted by atomic mass is 35.5. The summed E-state index contributed by atoms with van der Waals surface area (Å²) in [6, 6.07) is 5.05. The van der Waals surface area contributed by atoms with Gasteiger partial charge in [0, 0.05) is 6.42 Å². The molecule has 0 aromatic heterocycles. The van der Waals surface area contributed by atoms with E-state index in [9.17, 15) is 9.90 Å². The molecule has 0 unspecified atom stereocenters. The van der Waals surface area contributed by atoms with E-state index in [0.29, 0.717) is 17.0 Å². The fourth-order valence-electron chi connectivity index (χ4n) is 1.10. The Kier molecular flexibility index (Phi) is 3.77. The van der Waals surface area contributed by atoms with E-state index in [1.165, 1.54) is 7.11 Å². The highest BCUT2D eigenvalue weighted by molar-refractivity contribution is 6.32. The third-order valence-corrected chi connectivity index (χ3v) is 2.20. The number of aromatic hydroxyl groups is 1. The van der Waals surface area contributed by atoms with Crippen LogP contribution in [0.3, 0.4) is 0 Å². The van der Waals surface area contributed by atoms with Crippen LogP contribution < -0.4 is 0 Å². The van der Waals surface area contributed by atoms with E-state index < -0.39 is 0 Å². The Labute approximate surface area is 87.3 Å². The molecule has 0 spiro atoms. The van der Waals surface area contributed by atoms with Crippen LogP contribution in [0.15, 0.2) is 18.2 Å². The summed E-state index contributed by atoms with van der Waals surface area (Å²) in [7, 11) is 1.33. The average molecular weight is 215 g/mol. The van der Waals surface area contributed by atoms with Crippen LogP contribution in [0, 0.1) is 0 Å². The maximum Gasteiger partial charge on any atom is 0.305 e. The number of phenols is 1. The minimum atomic E-state index is -0.302. The maximum atomic E-state index is 10.8. The highest BCUT2D eigenvalue weighted by Gasteiger charge is 2.07. The average Bonchev–Trinajstić information content (AvgIpc) is 2.20. The summed E-state index contributed by atoms with van der Waals surface area (Å²) < 4.78 is 4.49. The summed E-state index contributed by atoms with van der Waals surface area (Å²) in [4.78, 5) is 10.8. The van der Waals surface area contributed by atoms with Crippen molar-refractivity contribution in [1.82, 2.24) is 0 Å². The van der Waals surface area contributed by atoms with Gasteiger partial charge in [-0.05, 0) is 18.1 Å². The van der Waals surface area contributed by atoms with Crippen LogP contribution in [0.2, 0.25) is 5.02 Å². The predicted molar refractivity (Wildman–Crippen MR) is 53.5 cm³/mol. The molecule has 0 radical (unpaired) electrons. The number of hydrogen-bond donors (Lipinski definition) is 1. The fraction of sp³-hybridized carbons (Fsp3) is 0.300.